The van der Waals surface area contributed by atoms with Gasteiger partial charge in [-0.15, -0.1) is 0 Å². The van der Waals surface area contributed by atoms with E-state index >= 15 is 0 Å². The molecule has 0 aromatic rings. The fraction of sp³-hybridized carbons (Fsp3) is 1.00. The minimum Gasteiger partial charge on any atom is -0.389 e. The molecule has 0 bridgehead atoms. The Balaban J connectivity index is 2.16. The van der Waals surface area contributed by atoms with Gasteiger partial charge >= 0.3 is 0 Å². The maximum atomic E-state index is 9.80. The van der Waals surface area contributed by atoms with E-state index in [1.165, 1.54) is 12.8 Å². The number of nitrogens with one attached hydrogen (secondary N) is 1. The number of hydrogen-bond donors (Lipinski definition) is 2. The van der Waals surface area contributed by atoms with Crippen molar-refractivity contribution >= 4 is 0 Å². The molecular formula is C8H15NO. The molecule has 3 atom stereocenters. The van der Waals surface area contributed by atoms with Crippen LogP contribution in [-0.2, 0) is 0 Å². The molecule has 2 fully saturated rings. The van der Waals surface area contributed by atoms with Gasteiger partial charge in [0.05, 0.1) is 5.60 Å². The highest BCUT2D eigenvalue weighted by Crippen LogP contribution is 2.38. The van der Waals surface area contributed by atoms with Gasteiger partial charge in [-0.05, 0) is 38.6 Å². The fourth-order valence-corrected chi connectivity index (χ4v) is 2.43. The van der Waals surface area contributed by atoms with E-state index in [4.69, 9.17) is 0 Å². The number of rotatable bonds is 0. The van der Waals surface area contributed by atoms with Crippen LogP contribution in [0.3, 0.4) is 0 Å². The van der Waals surface area contributed by atoms with Gasteiger partial charge in [-0.1, -0.05) is 0 Å². The maximum Gasteiger partial charge on any atom is 0.0774 e. The minimum atomic E-state index is -0.416. The van der Waals surface area contributed by atoms with Crippen LogP contribution < -0.4 is 5.32 Å². The molecule has 2 N–H and O–H groups in total. The first-order valence-electron chi connectivity index (χ1n) is 4.16. The van der Waals surface area contributed by atoms with Gasteiger partial charge in [0.25, 0.3) is 0 Å². The Hall–Kier alpha value is -0.0800. The summed E-state index contributed by atoms with van der Waals surface area (Å²) in [6.45, 7) is 3.06. The van der Waals surface area contributed by atoms with Crippen LogP contribution in [0.15, 0.2) is 0 Å². The highest BCUT2D eigenvalue weighted by atomic mass is 16.3. The Kier molecular flexibility index (Phi) is 1.29. The zero-order chi connectivity index (χ0) is 7.19. The van der Waals surface area contributed by atoms with Gasteiger partial charge < -0.3 is 10.4 Å². The van der Waals surface area contributed by atoms with Crippen molar-refractivity contribution < 1.29 is 5.11 Å². The predicted octanol–water partition coefficient (Wildman–Crippen LogP) is 0.509. The van der Waals surface area contributed by atoms with E-state index in [9.17, 15) is 5.11 Å². The van der Waals surface area contributed by atoms with Gasteiger partial charge in [-0.2, -0.15) is 0 Å². The van der Waals surface area contributed by atoms with Gasteiger partial charge in [0, 0.05) is 6.04 Å². The van der Waals surface area contributed by atoms with E-state index < -0.39 is 5.60 Å². The van der Waals surface area contributed by atoms with Crippen molar-refractivity contribution in [2.45, 2.75) is 37.8 Å². The van der Waals surface area contributed by atoms with Crippen molar-refractivity contribution in [1.29, 1.82) is 0 Å². The SMILES string of the molecule is C[C@]1(O)CC[C@H]2CCN[C@H]21. The van der Waals surface area contributed by atoms with Crippen LogP contribution in [0.5, 0.6) is 0 Å². The van der Waals surface area contributed by atoms with Crippen molar-refractivity contribution in [3.05, 3.63) is 0 Å². The average Bonchev–Trinajstić information content (AvgIpc) is 2.36. The lowest BCUT2D eigenvalue weighted by atomic mass is 9.97. The van der Waals surface area contributed by atoms with Gasteiger partial charge in [0.15, 0.2) is 0 Å². The zero-order valence-corrected chi connectivity index (χ0v) is 6.43. The first kappa shape index (κ1) is 6.62. The molecule has 0 radical (unpaired) electrons. The number of aliphatic hydroxyl groups is 1. The molecule has 1 aliphatic heterocycles. The van der Waals surface area contributed by atoms with Crippen LogP contribution in [0.25, 0.3) is 0 Å². The third-order valence-corrected chi connectivity index (χ3v) is 3.04. The summed E-state index contributed by atoms with van der Waals surface area (Å²) in [7, 11) is 0. The molecule has 1 saturated carbocycles. The first-order valence-corrected chi connectivity index (χ1v) is 4.16. The second kappa shape index (κ2) is 1.95. The van der Waals surface area contributed by atoms with Gasteiger partial charge in [0.2, 0.25) is 0 Å². The highest BCUT2D eigenvalue weighted by molar-refractivity contribution is 5.02. The first-order chi connectivity index (χ1) is 4.70. The topological polar surface area (TPSA) is 32.3 Å². The number of hydrogen-bond acceptors (Lipinski definition) is 2. The monoisotopic (exact) mass is 141 g/mol. The molecule has 1 aliphatic carbocycles. The van der Waals surface area contributed by atoms with E-state index in [-0.39, 0.29) is 0 Å². The summed E-state index contributed by atoms with van der Waals surface area (Å²) in [5.41, 5.74) is -0.416. The molecule has 58 valence electrons. The summed E-state index contributed by atoms with van der Waals surface area (Å²) < 4.78 is 0. The summed E-state index contributed by atoms with van der Waals surface area (Å²) in [5.74, 6) is 0.759. The van der Waals surface area contributed by atoms with Gasteiger partial charge in [0.1, 0.15) is 0 Å². The third kappa shape index (κ3) is 0.789. The fourth-order valence-electron chi connectivity index (χ4n) is 2.43. The van der Waals surface area contributed by atoms with Gasteiger partial charge in [-0.3, -0.25) is 0 Å². The van der Waals surface area contributed by atoms with E-state index in [1.807, 2.05) is 6.92 Å². The van der Waals surface area contributed by atoms with E-state index in [0.29, 0.717) is 6.04 Å². The van der Waals surface area contributed by atoms with Crippen molar-refractivity contribution in [3.63, 3.8) is 0 Å². The number of fused-ring (bicyclic) bond motifs is 1. The molecule has 2 aliphatic rings. The molecule has 1 heterocycles. The molecule has 0 amide bonds. The molecule has 2 rings (SSSR count). The van der Waals surface area contributed by atoms with Gasteiger partial charge in [-0.25, -0.2) is 0 Å². The van der Waals surface area contributed by atoms with Crippen LogP contribution >= 0.6 is 0 Å². The van der Waals surface area contributed by atoms with E-state index in [2.05, 4.69) is 5.32 Å². The molecule has 2 nitrogen and oxygen atoms in total. The quantitative estimate of drug-likeness (QED) is 0.515. The Labute approximate surface area is 61.6 Å². The van der Waals surface area contributed by atoms with E-state index in [1.54, 1.807) is 0 Å². The molecular weight excluding hydrogens is 126 g/mol. The second-order valence-electron chi connectivity index (χ2n) is 3.88. The lowest BCUT2D eigenvalue weighted by molar-refractivity contribution is 0.0402. The molecule has 10 heavy (non-hydrogen) atoms. The summed E-state index contributed by atoms with van der Waals surface area (Å²) >= 11 is 0. The van der Waals surface area contributed by atoms with Crippen LogP contribution in [0, 0.1) is 5.92 Å². The second-order valence-corrected chi connectivity index (χ2v) is 3.88. The smallest absolute Gasteiger partial charge is 0.0774 e. The van der Waals surface area contributed by atoms with Crippen LogP contribution in [-0.4, -0.2) is 23.3 Å². The molecule has 0 spiro atoms. The van der Waals surface area contributed by atoms with Crippen molar-refractivity contribution in [3.8, 4) is 0 Å². The van der Waals surface area contributed by atoms with Crippen molar-refractivity contribution in [1.82, 2.24) is 5.32 Å². The van der Waals surface area contributed by atoms with Crippen molar-refractivity contribution in [2.24, 2.45) is 5.92 Å². The van der Waals surface area contributed by atoms with Crippen molar-refractivity contribution in [2.75, 3.05) is 6.54 Å². The summed E-state index contributed by atoms with van der Waals surface area (Å²) in [5, 5.41) is 13.2. The molecule has 0 unspecified atom stereocenters. The van der Waals surface area contributed by atoms with Crippen LogP contribution in [0.4, 0.5) is 0 Å². The third-order valence-electron chi connectivity index (χ3n) is 3.04. The standard InChI is InChI=1S/C8H15NO/c1-8(10)4-2-6-3-5-9-7(6)8/h6-7,9-10H,2-5H2,1H3/t6-,7+,8-/m0/s1. The molecule has 1 saturated heterocycles. The summed E-state index contributed by atoms with van der Waals surface area (Å²) in [6.07, 6.45) is 3.46. The van der Waals surface area contributed by atoms with Crippen LogP contribution in [0.1, 0.15) is 26.2 Å². The predicted molar refractivity (Wildman–Crippen MR) is 39.8 cm³/mol. The lowest BCUT2D eigenvalue weighted by Gasteiger charge is -2.24. The molecule has 0 aromatic heterocycles. The molecule has 0 aromatic carbocycles. The Morgan fingerprint density at radius 2 is 2.30 bits per heavy atom. The van der Waals surface area contributed by atoms with E-state index in [0.717, 1.165) is 18.9 Å². The average molecular weight is 141 g/mol. The molecule has 2 heteroatoms. The lowest BCUT2D eigenvalue weighted by Crippen LogP contribution is -2.43. The summed E-state index contributed by atoms with van der Waals surface area (Å²) in [4.78, 5) is 0. The Morgan fingerprint density at radius 1 is 1.50 bits per heavy atom. The minimum absolute atomic E-state index is 0.396. The largest absolute Gasteiger partial charge is 0.389 e. The normalized spacial score (nSPS) is 53.4. The maximum absolute atomic E-state index is 9.80. The zero-order valence-electron chi connectivity index (χ0n) is 6.43. The highest BCUT2D eigenvalue weighted by Gasteiger charge is 2.45. The Bertz CT molecular complexity index is 144. The Morgan fingerprint density at radius 3 is 3.00 bits per heavy atom. The van der Waals surface area contributed by atoms with Crippen LogP contribution in [0.2, 0.25) is 0 Å². The summed E-state index contributed by atoms with van der Waals surface area (Å²) in [6, 6.07) is 0.396.